The number of hydrogen-bond acceptors (Lipinski definition) is 3. The second kappa shape index (κ2) is 6.02. The van der Waals surface area contributed by atoms with E-state index in [0.717, 1.165) is 40.6 Å². The maximum absolute atomic E-state index is 6.05. The first-order valence-electron chi connectivity index (χ1n) is 7.53. The Kier molecular flexibility index (Phi) is 4.11. The van der Waals surface area contributed by atoms with Crippen LogP contribution in [0.1, 0.15) is 36.1 Å². The van der Waals surface area contributed by atoms with Gasteiger partial charge in [0.05, 0.1) is 0 Å². The van der Waals surface area contributed by atoms with Crippen LogP contribution in [-0.4, -0.2) is 17.0 Å². The van der Waals surface area contributed by atoms with Crippen LogP contribution in [0.4, 0.5) is 5.82 Å². The Hall–Kier alpha value is -1.61. The lowest BCUT2D eigenvalue weighted by Gasteiger charge is -2.14. The van der Waals surface area contributed by atoms with Crippen molar-refractivity contribution in [1.29, 1.82) is 0 Å². The van der Waals surface area contributed by atoms with E-state index in [0.29, 0.717) is 0 Å². The van der Waals surface area contributed by atoms with Crippen LogP contribution >= 0.6 is 11.6 Å². The average molecular weight is 302 g/mol. The van der Waals surface area contributed by atoms with Crippen LogP contribution in [0.15, 0.2) is 18.2 Å². The Balaban J connectivity index is 2.13. The number of hydrogen-bond donors (Lipinski definition) is 1. The predicted molar refractivity (Wildman–Crippen MR) is 88.0 cm³/mol. The molecule has 0 radical (unpaired) electrons. The SMILES string of the molecule is CNc1nc(-c2ccc(Cl)cc2C)nc2c1CCCCC2. The van der Waals surface area contributed by atoms with Gasteiger partial charge in [0.25, 0.3) is 0 Å². The van der Waals surface area contributed by atoms with Gasteiger partial charge in [-0.25, -0.2) is 9.97 Å². The Morgan fingerprint density at radius 3 is 2.67 bits per heavy atom. The van der Waals surface area contributed by atoms with E-state index < -0.39 is 0 Å². The minimum Gasteiger partial charge on any atom is -0.373 e. The summed E-state index contributed by atoms with van der Waals surface area (Å²) in [5.41, 5.74) is 4.67. The van der Waals surface area contributed by atoms with Crippen LogP contribution in [-0.2, 0) is 12.8 Å². The minimum absolute atomic E-state index is 0.750. The molecule has 1 aromatic heterocycles. The number of halogens is 1. The number of fused-ring (bicyclic) bond motifs is 1. The molecule has 1 aromatic carbocycles. The molecule has 3 nitrogen and oxygen atoms in total. The maximum atomic E-state index is 6.05. The minimum atomic E-state index is 0.750. The van der Waals surface area contributed by atoms with Crippen molar-refractivity contribution >= 4 is 17.4 Å². The molecule has 1 N–H and O–H groups in total. The van der Waals surface area contributed by atoms with Gasteiger partial charge in [-0.1, -0.05) is 18.0 Å². The van der Waals surface area contributed by atoms with Gasteiger partial charge in [0, 0.05) is 28.9 Å². The molecule has 0 bridgehead atoms. The van der Waals surface area contributed by atoms with Gasteiger partial charge in [-0.05, 0) is 56.4 Å². The zero-order valence-corrected chi connectivity index (χ0v) is 13.3. The monoisotopic (exact) mass is 301 g/mol. The first kappa shape index (κ1) is 14.3. The van der Waals surface area contributed by atoms with Crippen LogP contribution in [0.5, 0.6) is 0 Å². The highest BCUT2D eigenvalue weighted by molar-refractivity contribution is 6.30. The van der Waals surface area contributed by atoms with Crippen LogP contribution in [0.3, 0.4) is 0 Å². The molecule has 0 aliphatic heterocycles. The van der Waals surface area contributed by atoms with E-state index in [1.807, 2.05) is 25.2 Å². The highest BCUT2D eigenvalue weighted by Gasteiger charge is 2.17. The Bertz CT molecular complexity index is 667. The summed E-state index contributed by atoms with van der Waals surface area (Å²) in [6, 6.07) is 5.87. The molecule has 1 aliphatic rings. The Morgan fingerprint density at radius 1 is 1.10 bits per heavy atom. The van der Waals surface area contributed by atoms with Gasteiger partial charge in [0.1, 0.15) is 5.82 Å². The van der Waals surface area contributed by atoms with Crippen molar-refractivity contribution in [3.8, 4) is 11.4 Å². The first-order valence-corrected chi connectivity index (χ1v) is 7.91. The summed E-state index contributed by atoms with van der Waals surface area (Å²) in [4.78, 5) is 9.59. The van der Waals surface area contributed by atoms with Gasteiger partial charge >= 0.3 is 0 Å². The molecular weight excluding hydrogens is 282 g/mol. The van der Waals surface area contributed by atoms with Crippen LogP contribution in [0.2, 0.25) is 5.02 Å². The molecule has 1 heterocycles. The fourth-order valence-electron chi connectivity index (χ4n) is 2.98. The van der Waals surface area contributed by atoms with E-state index in [1.54, 1.807) is 0 Å². The number of benzene rings is 1. The molecule has 0 atom stereocenters. The van der Waals surface area contributed by atoms with Crippen LogP contribution in [0.25, 0.3) is 11.4 Å². The standard InChI is InChI=1S/C17H20ClN3/c1-11-10-12(18)8-9-13(11)17-20-15-7-5-3-4-6-14(15)16(19-2)21-17/h8-10H,3-7H2,1-2H3,(H,19,20,21). The van der Waals surface area contributed by atoms with Gasteiger partial charge in [-0.3, -0.25) is 0 Å². The molecular formula is C17H20ClN3. The van der Waals surface area contributed by atoms with E-state index >= 15 is 0 Å². The maximum Gasteiger partial charge on any atom is 0.162 e. The van der Waals surface area contributed by atoms with Crippen molar-refractivity contribution in [3.63, 3.8) is 0 Å². The summed E-state index contributed by atoms with van der Waals surface area (Å²) in [5, 5.41) is 4.00. The van der Waals surface area contributed by atoms with E-state index in [1.165, 1.54) is 30.5 Å². The lowest BCUT2D eigenvalue weighted by molar-refractivity contribution is 0.709. The van der Waals surface area contributed by atoms with Crippen molar-refractivity contribution in [2.45, 2.75) is 39.0 Å². The first-order chi connectivity index (χ1) is 10.2. The number of nitrogens with one attached hydrogen (secondary N) is 1. The Morgan fingerprint density at radius 2 is 1.90 bits per heavy atom. The number of anilines is 1. The molecule has 0 saturated heterocycles. The third-order valence-electron chi connectivity index (χ3n) is 4.10. The van der Waals surface area contributed by atoms with Gasteiger partial charge in [0.2, 0.25) is 0 Å². The van der Waals surface area contributed by atoms with Crippen molar-refractivity contribution in [2.24, 2.45) is 0 Å². The topological polar surface area (TPSA) is 37.8 Å². The summed E-state index contributed by atoms with van der Waals surface area (Å²) in [7, 11) is 1.94. The lowest BCUT2D eigenvalue weighted by Crippen LogP contribution is -2.07. The molecule has 0 amide bonds. The third kappa shape index (κ3) is 2.88. The second-order valence-corrected chi connectivity index (χ2v) is 6.03. The largest absolute Gasteiger partial charge is 0.373 e. The van der Waals surface area contributed by atoms with E-state index in [9.17, 15) is 0 Å². The quantitative estimate of drug-likeness (QED) is 0.835. The van der Waals surface area contributed by atoms with Gasteiger partial charge in [-0.15, -0.1) is 0 Å². The highest BCUT2D eigenvalue weighted by atomic mass is 35.5. The highest BCUT2D eigenvalue weighted by Crippen LogP contribution is 2.29. The summed E-state index contributed by atoms with van der Waals surface area (Å²) >= 11 is 6.05. The fraction of sp³-hybridized carbons (Fsp3) is 0.412. The number of rotatable bonds is 2. The lowest BCUT2D eigenvalue weighted by atomic mass is 10.1. The molecule has 4 heteroatoms. The summed E-state index contributed by atoms with van der Waals surface area (Å²) in [5.74, 6) is 1.78. The molecule has 110 valence electrons. The normalized spacial score (nSPS) is 14.4. The molecule has 1 aliphatic carbocycles. The van der Waals surface area contributed by atoms with Crippen molar-refractivity contribution in [3.05, 3.63) is 40.0 Å². The van der Waals surface area contributed by atoms with Crippen molar-refractivity contribution in [2.75, 3.05) is 12.4 Å². The third-order valence-corrected chi connectivity index (χ3v) is 4.33. The number of aryl methyl sites for hydroxylation is 2. The van der Waals surface area contributed by atoms with Gasteiger partial charge in [-0.2, -0.15) is 0 Å². The van der Waals surface area contributed by atoms with E-state index in [-0.39, 0.29) is 0 Å². The van der Waals surface area contributed by atoms with Gasteiger partial charge < -0.3 is 5.32 Å². The average Bonchev–Trinajstić information content (AvgIpc) is 2.71. The fourth-order valence-corrected chi connectivity index (χ4v) is 3.20. The number of nitrogens with zero attached hydrogens (tertiary/aromatic N) is 2. The summed E-state index contributed by atoms with van der Waals surface area (Å²) in [6.07, 6.45) is 5.84. The molecule has 0 spiro atoms. The van der Waals surface area contributed by atoms with Gasteiger partial charge in [0.15, 0.2) is 5.82 Å². The van der Waals surface area contributed by atoms with E-state index in [4.69, 9.17) is 21.6 Å². The molecule has 0 unspecified atom stereocenters. The molecule has 0 saturated carbocycles. The molecule has 0 fully saturated rings. The van der Waals surface area contributed by atoms with Crippen LogP contribution < -0.4 is 5.32 Å². The summed E-state index contributed by atoms with van der Waals surface area (Å²) in [6.45, 7) is 2.05. The van der Waals surface area contributed by atoms with Crippen molar-refractivity contribution < 1.29 is 0 Å². The second-order valence-electron chi connectivity index (χ2n) is 5.59. The number of aromatic nitrogens is 2. The predicted octanol–water partition coefficient (Wildman–Crippen LogP) is 4.42. The molecule has 21 heavy (non-hydrogen) atoms. The van der Waals surface area contributed by atoms with Crippen molar-refractivity contribution in [1.82, 2.24) is 9.97 Å². The Labute approximate surface area is 130 Å². The molecule has 2 aromatic rings. The summed E-state index contributed by atoms with van der Waals surface area (Å²) < 4.78 is 0. The van der Waals surface area contributed by atoms with E-state index in [2.05, 4.69) is 12.2 Å². The smallest absolute Gasteiger partial charge is 0.162 e. The zero-order chi connectivity index (χ0) is 14.8. The van der Waals surface area contributed by atoms with Crippen LogP contribution in [0, 0.1) is 6.92 Å². The zero-order valence-electron chi connectivity index (χ0n) is 12.5. The molecule has 3 rings (SSSR count).